The van der Waals surface area contributed by atoms with Gasteiger partial charge in [0.25, 0.3) is 0 Å². The Morgan fingerprint density at radius 2 is 2.09 bits per heavy atom. The molecule has 1 aliphatic rings. The van der Waals surface area contributed by atoms with Gasteiger partial charge in [-0.15, -0.1) is 0 Å². The lowest BCUT2D eigenvalue weighted by molar-refractivity contribution is -0.140. The molecule has 0 unspecified atom stereocenters. The molecule has 0 radical (unpaired) electrons. The number of rotatable bonds is 4. The predicted octanol–water partition coefficient (Wildman–Crippen LogP) is 4.50. The fourth-order valence-electron chi connectivity index (χ4n) is 3.03. The van der Waals surface area contributed by atoms with Crippen LogP contribution < -0.4 is 4.90 Å². The molecule has 0 saturated carbocycles. The number of carbonyl (C=O) groups excluding carboxylic acids is 1. The summed E-state index contributed by atoms with van der Waals surface area (Å²) in [5.74, 6) is -1.69. The van der Waals surface area contributed by atoms with Gasteiger partial charge >= 0.3 is 5.97 Å². The van der Waals surface area contributed by atoms with Crippen molar-refractivity contribution in [1.82, 2.24) is 0 Å². The predicted molar refractivity (Wildman–Crippen MR) is 92.2 cm³/mol. The number of benzene rings is 1. The van der Waals surface area contributed by atoms with Crippen LogP contribution in [0.25, 0.3) is 5.57 Å². The van der Waals surface area contributed by atoms with E-state index in [1.165, 1.54) is 11.3 Å². The molecule has 4 heteroatoms. The maximum Gasteiger partial charge on any atom is 0.367 e. The quantitative estimate of drug-likeness (QED) is 0.604. The van der Waals surface area contributed by atoms with Gasteiger partial charge < -0.3 is 9.64 Å². The minimum absolute atomic E-state index is 0.174. The average molecular weight is 319 g/mol. The molecule has 0 aliphatic carbocycles. The number of carbonyl (C=O) groups is 1. The van der Waals surface area contributed by atoms with Crippen LogP contribution in [-0.2, 0) is 16.0 Å². The molecule has 1 aliphatic heterocycles. The van der Waals surface area contributed by atoms with Crippen molar-refractivity contribution in [2.75, 3.05) is 18.1 Å². The van der Waals surface area contributed by atoms with E-state index in [4.69, 9.17) is 4.74 Å². The van der Waals surface area contributed by atoms with Gasteiger partial charge in [0.15, 0.2) is 0 Å². The summed E-state index contributed by atoms with van der Waals surface area (Å²) in [5.41, 5.74) is 3.54. The molecule has 1 aromatic carbocycles. The molecule has 2 rings (SSSR count). The topological polar surface area (TPSA) is 29.5 Å². The Balaban J connectivity index is 2.38. The first-order valence-corrected chi connectivity index (χ1v) is 8.39. The van der Waals surface area contributed by atoms with Crippen LogP contribution in [0.1, 0.15) is 51.7 Å². The van der Waals surface area contributed by atoms with Gasteiger partial charge in [-0.3, -0.25) is 0 Å². The Morgan fingerprint density at radius 3 is 2.74 bits per heavy atom. The maximum absolute atomic E-state index is 14.2. The third kappa shape index (κ3) is 3.92. The zero-order valence-corrected chi connectivity index (χ0v) is 14.5. The van der Waals surface area contributed by atoms with E-state index in [1.807, 2.05) is 12.1 Å². The molecule has 126 valence electrons. The van der Waals surface area contributed by atoms with Gasteiger partial charge in [-0.2, -0.15) is 4.39 Å². The minimum Gasteiger partial charge on any atom is -0.461 e. The number of halogens is 1. The summed E-state index contributed by atoms with van der Waals surface area (Å²) in [6.07, 6.45) is 3.28. The summed E-state index contributed by atoms with van der Waals surface area (Å²) in [6.45, 7) is 8.90. The van der Waals surface area contributed by atoms with Crippen LogP contribution in [0.15, 0.2) is 24.0 Å². The first-order valence-electron chi connectivity index (χ1n) is 8.39. The molecule has 3 nitrogen and oxygen atoms in total. The summed E-state index contributed by atoms with van der Waals surface area (Å²) in [5, 5.41) is 0. The number of aryl methyl sites for hydroxylation is 1. The second kappa shape index (κ2) is 7.62. The van der Waals surface area contributed by atoms with Gasteiger partial charge in [-0.05, 0) is 75.8 Å². The van der Waals surface area contributed by atoms with E-state index >= 15 is 0 Å². The smallest absolute Gasteiger partial charge is 0.367 e. The lowest BCUT2D eigenvalue weighted by atomic mass is 9.99. The second-order valence-electron chi connectivity index (χ2n) is 6.25. The van der Waals surface area contributed by atoms with E-state index in [0.717, 1.165) is 31.4 Å². The van der Waals surface area contributed by atoms with Crippen LogP contribution in [0.5, 0.6) is 0 Å². The Labute approximate surface area is 138 Å². The van der Waals surface area contributed by atoms with Gasteiger partial charge in [-0.1, -0.05) is 6.07 Å². The summed E-state index contributed by atoms with van der Waals surface area (Å²) >= 11 is 0. The highest BCUT2D eigenvalue weighted by molar-refractivity contribution is 5.95. The Hall–Kier alpha value is -1.84. The van der Waals surface area contributed by atoms with Crippen LogP contribution >= 0.6 is 0 Å². The lowest BCUT2D eigenvalue weighted by Gasteiger charge is -2.29. The zero-order valence-electron chi connectivity index (χ0n) is 14.5. The molecule has 0 amide bonds. The number of esters is 1. The molecule has 0 bridgehead atoms. The van der Waals surface area contributed by atoms with Crippen molar-refractivity contribution in [2.24, 2.45) is 0 Å². The van der Waals surface area contributed by atoms with Crippen LogP contribution in [0.2, 0.25) is 0 Å². The number of ether oxygens (including phenoxy) is 1. The number of allylic oxidation sites excluding steroid dienone is 1. The number of hydrogen-bond acceptors (Lipinski definition) is 3. The maximum atomic E-state index is 14.2. The Bertz CT molecular complexity index is 607. The largest absolute Gasteiger partial charge is 0.461 e. The van der Waals surface area contributed by atoms with E-state index < -0.39 is 11.8 Å². The van der Waals surface area contributed by atoms with Gasteiger partial charge in [0.05, 0.1) is 6.61 Å². The zero-order chi connectivity index (χ0) is 17.0. The fraction of sp³-hybridized carbons (Fsp3) is 0.526. The van der Waals surface area contributed by atoms with Gasteiger partial charge in [0.1, 0.15) is 0 Å². The number of anilines is 1. The average Bonchev–Trinajstić information content (AvgIpc) is 2.75. The number of hydrogen-bond donors (Lipinski definition) is 0. The molecule has 1 aromatic rings. The molecular formula is C19H26FNO2. The van der Waals surface area contributed by atoms with Crippen molar-refractivity contribution in [3.8, 4) is 0 Å². The first-order chi connectivity index (χ1) is 11.0. The van der Waals surface area contributed by atoms with E-state index in [-0.39, 0.29) is 6.61 Å². The molecule has 0 N–H and O–H groups in total. The highest BCUT2D eigenvalue weighted by Crippen LogP contribution is 2.31. The van der Waals surface area contributed by atoms with Crippen LogP contribution in [-0.4, -0.2) is 25.2 Å². The molecular weight excluding hydrogens is 293 g/mol. The third-order valence-electron chi connectivity index (χ3n) is 4.32. The van der Waals surface area contributed by atoms with E-state index in [2.05, 4.69) is 24.8 Å². The van der Waals surface area contributed by atoms with E-state index in [0.29, 0.717) is 11.6 Å². The van der Waals surface area contributed by atoms with Crippen molar-refractivity contribution in [3.05, 3.63) is 35.2 Å². The highest BCUT2D eigenvalue weighted by atomic mass is 19.1. The van der Waals surface area contributed by atoms with Crippen LogP contribution in [0, 0.1) is 0 Å². The lowest BCUT2D eigenvalue weighted by Crippen LogP contribution is -2.31. The fourth-order valence-corrected chi connectivity index (χ4v) is 3.03. The van der Waals surface area contributed by atoms with Crippen molar-refractivity contribution in [2.45, 2.75) is 53.0 Å². The van der Waals surface area contributed by atoms with E-state index in [9.17, 15) is 9.18 Å². The Morgan fingerprint density at radius 1 is 1.35 bits per heavy atom. The summed E-state index contributed by atoms with van der Waals surface area (Å²) in [4.78, 5) is 14.0. The summed E-state index contributed by atoms with van der Waals surface area (Å²) in [7, 11) is 0. The molecule has 0 aromatic heterocycles. The normalized spacial score (nSPS) is 15.8. The van der Waals surface area contributed by atoms with Gasteiger partial charge in [0.2, 0.25) is 5.83 Å². The van der Waals surface area contributed by atoms with E-state index in [1.54, 1.807) is 13.8 Å². The van der Waals surface area contributed by atoms with Gasteiger partial charge in [0, 0.05) is 18.3 Å². The van der Waals surface area contributed by atoms with Crippen molar-refractivity contribution < 1.29 is 13.9 Å². The van der Waals surface area contributed by atoms with Crippen molar-refractivity contribution >= 4 is 17.2 Å². The van der Waals surface area contributed by atoms with Gasteiger partial charge in [-0.25, -0.2) is 4.79 Å². The molecule has 23 heavy (non-hydrogen) atoms. The molecule has 0 saturated heterocycles. The summed E-state index contributed by atoms with van der Waals surface area (Å²) < 4.78 is 18.9. The molecule has 0 fully saturated rings. The monoisotopic (exact) mass is 319 g/mol. The number of fused-ring (bicyclic) bond motifs is 1. The van der Waals surface area contributed by atoms with Crippen molar-refractivity contribution in [1.29, 1.82) is 0 Å². The highest BCUT2D eigenvalue weighted by Gasteiger charge is 2.20. The standard InChI is InChI=1S/C19H26FNO2/c1-5-23-19(22)18(20)14(4)15-9-10-17-16(12-15)8-6-7-11-21(17)13(2)3/h9-10,12-13H,5-8,11H2,1-4H3. The first kappa shape index (κ1) is 17.5. The molecule has 1 heterocycles. The van der Waals surface area contributed by atoms with Crippen LogP contribution in [0.4, 0.5) is 10.1 Å². The Kier molecular flexibility index (Phi) is 5.80. The number of nitrogens with zero attached hydrogens (tertiary/aromatic N) is 1. The molecule has 0 atom stereocenters. The molecule has 0 spiro atoms. The van der Waals surface area contributed by atoms with Crippen molar-refractivity contribution in [3.63, 3.8) is 0 Å². The second-order valence-corrected chi connectivity index (χ2v) is 6.25. The van der Waals surface area contributed by atoms with Crippen LogP contribution in [0.3, 0.4) is 0 Å². The SMILES string of the molecule is CCOC(=O)C(F)=C(C)c1ccc2c(c1)CCCCN2C(C)C. The third-order valence-corrected chi connectivity index (χ3v) is 4.32. The summed E-state index contributed by atoms with van der Waals surface area (Å²) in [6, 6.07) is 6.40. The minimum atomic E-state index is -0.885.